The van der Waals surface area contributed by atoms with Crippen LogP contribution in [0.25, 0.3) is 0 Å². The Labute approximate surface area is 131 Å². The van der Waals surface area contributed by atoms with Crippen LogP contribution in [0.3, 0.4) is 0 Å². The summed E-state index contributed by atoms with van der Waals surface area (Å²) in [4.78, 5) is 25.2. The molecule has 22 heavy (non-hydrogen) atoms. The number of methoxy groups -OCH3 is 1. The zero-order chi connectivity index (χ0) is 16.5. The average Bonchev–Trinajstić information content (AvgIpc) is 2.47. The van der Waals surface area contributed by atoms with Crippen molar-refractivity contribution in [2.75, 3.05) is 20.7 Å². The lowest BCUT2D eigenvalue weighted by atomic mass is 10.2. The maximum Gasteiger partial charge on any atom is 0.321 e. The number of nitrogens with one attached hydrogen (secondary N) is 2. The fourth-order valence-corrected chi connectivity index (χ4v) is 1.87. The van der Waals surface area contributed by atoms with Gasteiger partial charge in [-0.1, -0.05) is 19.1 Å². The normalized spacial score (nSPS) is 11.9. The minimum atomic E-state index is -0.447. The molecule has 1 aromatic rings. The zero-order valence-electron chi connectivity index (χ0n) is 13.7. The summed E-state index contributed by atoms with van der Waals surface area (Å²) in [7, 11) is 3.45. The van der Waals surface area contributed by atoms with Crippen LogP contribution in [-0.4, -0.2) is 43.6 Å². The number of urea groups is 1. The minimum Gasteiger partial charge on any atom is -0.497 e. The van der Waals surface area contributed by atoms with Crippen LogP contribution in [0, 0.1) is 0 Å². The topological polar surface area (TPSA) is 70.7 Å². The molecule has 1 rings (SSSR count). The Hall–Kier alpha value is -2.08. The number of nitrogens with zero attached hydrogens (tertiary/aromatic N) is 1. The molecule has 0 heterocycles. The number of benzene rings is 1. The van der Waals surface area contributed by atoms with E-state index in [-0.39, 0.29) is 18.5 Å². The molecule has 122 valence electrons. The summed E-state index contributed by atoms with van der Waals surface area (Å²) < 4.78 is 5.10. The van der Waals surface area contributed by atoms with Gasteiger partial charge in [0, 0.05) is 12.6 Å². The van der Waals surface area contributed by atoms with E-state index in [1.165, 1.54) is 0 Å². The Balaban J connectivity index is 2.38. The Morgan fingerprint density at radius 3 is 2.45 bits per heavy atom. The van der Waals surface area contributed by atoms with E-state index in [1.54, 1.807) is 7.11 Å². The standard InChI is InChI=1S/C16H25N3O3/c1-5-12(2)17-16(21)18-15(20)11-19(3)10-13-6-8-14(22-4)9-7-13/h6-9,12H,5,10-11H2,1-4H3,(H2,17,18,20,21)/t12-/m0/s1. The molecule has 0 radical (unpaired) electrons. The van der Waals surface area contributed by atoms with Crippen LogP contribution in [0.5, 0.6) is 5.75 Å². The van der Waals surface area contributed by atoms with Gasteiger partial charge in [-0.2, -0.15) is 0 Å². The van der Waals surface area contributed by atoms with Gasteiger partial charge in [0.1, 0.15) is 5.75 Å². The van der Waals surface area contributed by atoms with Gasteiger partial charge in [-0.15, -0.1) is 0 Å². The number of carbonyl (C=O) groups is 2. The summed E-state index contributed by atoms with van der Waals surface area (Å²) in [5.41, 5.74) is 1.07. The summed E-state index contributed by atoms with van der Waals surface area (Å²) in [5.74, 6) is 0.475. The highest BCUT2D eigenvalue weighted by Crippen LogP contribution is 2.12. The predicted molar refractivity (Wildman–Crippen MR) is 85.8 cm³/mol. The van der Waals surface area contributed by atoms with Crippen molar-refractivity contribution in [2.24, 2.45) is 0 Å². The Morgan fingerprint density at radius 1 is 1.27 bits per heavy atom. The van der Waals surface area contributed by atoms with E-state index in [2.05, 4.69) is 10.6 Å². The van der Waals surface area contributed by atoms with Crippen molar-refractivity contribution in [3.8, 4) is 5.75 Å². The van der Waals surface area contributed by atoms with Crippen LogP contribution >= 0.6 is 0 Å². The molecule has 0 saturated heterocycles. The van der Waals surface area contributed by atoms with Gasteiger partial charge in [0.25, 0.3) is 0 Å². The molecule has 0 aliphatic rings. The molecule has 1 aromatic carbocycles. The summed E-state index contributed by atoms with van der Waals surface area (Å²) in [6.07, 6.45) is 0.818. The van der Waals surface area contributed by atoms with Crippen molar-refractivity contribution in [1.29, 1.82) is 0 Å². The van der Waals surface area contributed by atoms with E-state index >= 15 is 0 Å². The first kappa shape index (κ1) is 18.0. The molecule has 0 aromatic heterocycles. The summed E-state index contributed by atoms with van der Waals surface area (Å²) in [5, 5.41) is 5.02. The minimum absolute atomic E-state index is 0.0461. The van der Waals surface area contributed by atoms with Crippen LogP contribution < -0.4 is 15.4 Å². The van der Waals surface area contributed by atoms with Crippen LogP contribution in [0.15, 0.2) is 24.3 Å². The molecule has 6 nitrogen and oxygen atoms in total. The van der Waals surface area contributed by atoms with Gasteiger partial charge in [-0.3, -0.25) is 15.0 Å². The molecule has 0 aliphatic heterocycles. The van der Waals surface area contributed by atoms with Crippen molar-refractivity contribution in [1.82, 2.24) is 15.5 Å². The number of ether oxygens (including phenoxy) is 1. The van der Waals surface area contributed by atoms with Gasteiger partial charge in [0.2, 0.25) is 5.91 Å². The second-order valence-corrected chi connectivity index (χ2v) is 5.35. The third-order valence-corrected chi connectivity index (χ3v) is 3.27. The highest BCUT2D eigenvalue weighted by Gasteiger charge is 2.12. The van der Waals surface area contributed by atoms with Gasteiger partial charge in [0.05, 0.1) is 13.7 Å². The molecule has 6 heteroatoms. The van der Waals surface area contributed by atoms with E-state index < -0.39 is 6.03 Å². The number of carbonyl (C=O) groups excluding carboxylic acids is 2. The number of hydrogen-bond donors (Lipinski definition) is 2. The summed E-state index contributed by atoms with van der Waals surface area (Å²) in [6, 6.07) is 7.25. The van der Waals surface area contributed by atoms with E-state index in [9.17, 15) is 9.59 Å². The van der Waals surface area contributed by atoms with Crippen molar-refractivity contribution < 1.29 is 14.3 Å². The third-order valence-electron chi connectivity index (χ3n) is 3.27. The van der Waals surface area contributed by atoms with E-state index in [4.69, 9.17) is 4.74 Å². The fourth-order valence-electron chi connectivity index (χ4n) is 1.87. The third kappa shape index (κ3) is 6.58. The molecule has 3 amide bonds. The van der Waals surface area contributed by atoms with Crippen LogP contribution in [0.1, 0.15) is 25.8 Å². The predicted octanol–water partition coefficient (Wildman–Crippen LogP) is 1.75. The Morgan fingerprint density at radius 2 is 1.91 bits per heavy atom. The van der Waals surface area contributed by atoms with Crippen LogP contribution in [-0.2, 0) is 11.3 Å². The van der Waals surface area contributed by atoms with Crippen molar-refractivity contribution in [2.45, 2.75) is 32.9 Å². The molecule has 0 saturated carbocycles. The number of imide groups is 1. The fraction of sp³-hybridized carbons (Fsp3) is 0.500. The molecule has 0 unspecified atom stereocenters. The lowest BCUT2D eigenvalue weighted by molar-refractivity contribution is -0.121. The van der Waals surface area contributed by atoms with E-state index in [1.807, 2.05) is 50.1 Å². The van der Waals surface area contributed by atoms with Crippen molar-refractivity contribution in [3.63, 3.8) is 0 Å². The molecule has 0 aliphatic carbocycles. The van der Waals surface area contributed by atoms with Gasteiger partial charge in [0.15, 0.2) is 0 Å². The summed E-state index contributed by atoms with van der Waals surface area (Å²) >= 11 is 0. The first-order valence-corrected chi connectivity index (χ1v) is 7.36. The van der Waals surface area contributed by atoms with Crippen LogP contribution in [0.2, 0.25) is 0 Å². The second-order valence-electron chi connectivity index (χ2n) is 5.35. The second kappa shape index (κ2) is 9.04. The SMILES string of the molecule is CC[C@H](C)NC(=O)NC(=O)CN(C)Cc1ccc(OC)cc1. The number of amides is 3. The monoisotopic (exact) mass is 307 g/mol. The van der Waals surface area contributed by atoms with Crippen LogP contribution in [0.4, 0.5) is 4.79 Å². The van der Waals surface area contributed by atoms with Gasteiger partial charge in [-0.25, -0.2) is 4.79 Å². The molecular weight excluding hydrogens is 282 g/mol. The van der Waals surface area contributed by atoms with E-state index in [0.717, 1.165) is 17.7 Å². The smallest absolute Gasteiger partial charge is 0.321 e. The average molecular weight is 307 g/mol. The number of likely N-dealkylation sites (N-methyl/N-ethyl adjacent to an activating group) is 1. The van der Waals surface area contributed by atoms with Crippen molar-refractivity contribution >= 4 is 11.9 Å². The van der Waals surface area contributed by atoms with Gasteiger partial charge in [-0.05, 0) is 38.1 Å². The Kier molecular flexibility index (Phi) is 7.39. The largest absolute Gasteiger partial charge is 0.497 e. The zero-order valence-corrected chi connectivity index (χ0v) is 13.7. The first-order valence-electron chi connectivity index (χ1n) is 7.36. The van der Waals surface area contributed by atoms with Crippen molar-refractivity contribution in [3.05, 3.63) is 29.8 Å². The molecule has 2 N–H and O–H groups in total. The molecule has 1 atom stereocenters. The van der Waals surface area contributed by atoms with E-state index in [0.29, 0.717) is 6.54 Å². The Bertz CT molecular complexity index is 488. The molecular formula is C16H25N3O3. The van der Waals surface area contributed by atoms with Gasteiger partial charge >= 0.3 is 6.03 Å². The highest BCUT2D eigenvalue weighted by molar-refractivity contribution is 5.95. The molecule has 0 spiro atoms. The maximum atomic E-state index is 11.8. The summed E-state index contributed by atoms with van der Waals surface area (Å²) in [6.45, 7) is 4.62. The quantitative estimate of drug-likeness (QED) is 0.805. The lowest BCUT2D eigenvalue weighted by Crippen LogP contribution is -2.46. The lowest BCUT2D eigenvalue weighted by Gasteiger charge is -2.17. The number of hydrogen-bond acceptors (Lipinski definition) is 4. The first-order chi connectivity index (χ1) is 10.4. The van der Waals surface area contributed by atoms with Gasteiger partial charge < -0.3 is 10.1 Å². The number of rotatable bonds is 7. The maximum absolute atomic E-state index is 11.8. The molecule has 0 fully saturated rings. The highest BCUT2D eigenvalue weighted by atomic mass is 16.5. The molecule has 0 bridgehead atoms.